The minimum Gasteiger partial charge on any atom is -0.461 e. The van der Waals surface area contributed by atoms with Crippen molar-refractivity contribution in [2.24, 2.45) is 5.16 Å². The molecular weight excluding hydrogens is 182 g/mol. The normalized spacial score (nSPS) is 10.4. The Bertz CT molecular complexity index is 347. The maximum absolute atomic E-state index is 10.5. The first-order valence-corrected chi connectivity index (χ1v) is 4.12. The quantitative estimate of drug-likeness (QED) is 0.343. The van der Waals surface area contributed by atoms with Gasteiger partial charge in [0.2, 0.25) is 0 Å². The van der Waals surface area contributed by atoms with Crippen molar-refractivity contribution in [3.63, 3.8) is 0 Å². The number of hydrogen-bond acceptors (Lipinski definition) is 4. The second kappa shape index (κ2) is 5.01. The third-order valence-electron chi connectivity index (χ3n) is 1.60. The first kappa shape index (κ1) is 10.2. The largest absolute Gasteiger partial charge is 0.461 e. The van der Waals surface area contributed by atoms with Gasteiger partial charge in [0, 0.05) is 6.92 Å². The van der Waals surface area contributed by atoms with E-state index in [1.165, 1.54) is 13.1 Å². The van der Waals surface area contributed by atoms with Gasteiger partial charge in [-0.05, 0) is 17.2 Å². The summed E-state index contributed by atoms with van der Waals surface area (Å²) in [5, 5.41) is 11.2. The molecular formula is C10H11NO3. The second-order valence-corrected chi connectivity index (χ2v) is 2.77. The molecule has 0 aliphatic rings. The number of carbonyl (C=O) groups excluding carboxylic acids is 1. The third kappa shape index (κ3) is 3.26. The van der Waals surface area contributed by atoms with Crippen LogP contribution in [-0.2, 0) is 16.1 Å². The molecule has 0 saturated carbocycles. The molecule has 0 saturated heterocycles. The number of benzene rings is 1. The molecule has 0 spiro atoms. The van der Waals surface area contributed by atoms with Gasteiger partial charge in [-0.15, -0.1) is 0 Å². The smallest absolute Gasteiger partial charge is 0.302 e. The minimum atomic E-state index is -0.314. The average molecular weight is 193 g/mol. The predicted molar refractivity (Wildman–Crippen MR) is 51.3 cm³/mol. The van der Waals surface area contributed by atoms with Gasteiger partial charge in [0.15, 0.2) is 0 Å². The molecule has 14 heavy (non-hydrogen) atoms. The van der Waals surface area contributed by atoms with Crippen LogP contribution in [0.25, 0.3) is 0 Å². The molecule has 0 radical (unpaired) electrons. The molecule has 0 aromatic heterocycles. The van der Waals surface area contributed by atoms with Crippen molar-refractivity contribution >= 4 is 12.2 Å². The Hall–Kier alpha value is -1.84. The Morgan fingerprint density at radius 1 is 1.64 bits per heavy atom. The first-order valence-electron chi connectivity index (χ1n) is 4.12. The van der Waals surface area contributed by atoms with Gasteiger partial charge in [-0.1, -0.05) is 23.4 Å². The van der Waals surface area contributed by atoms with Crippen molar-refractivity contribution in [1.82, 2.24) is 0 Å². The van der Waals surface area contributed by atoms with Crippen molar-refractivity contribution in [2.45, 2.75) is 13.5 Å². The monoisotopic (exact) mass is 193 g/mol. The molecule has 0 amide bonds. The summed E-state index contributed by atoms with van der Waals surface area (Å²) < 4.78 is 4.82. The highest BCUT2D eigenvalue weighted by Crippen LogP contribution is 2.04. The van der Waals surface area contributed by atoms with Gasteiger partial charge in [-0.3, -0.25) is 4.79 Å². The van der Waals surface area contributed by atoms with Crippen molar-refractivity contribution < 1.29 is 14.7 Å². The van der Waals surface area contributed by atoms with Crippen LogP contribution < -0.4 is 0 Å². The van der Waals surface area contributed by atoms with E-state index in [-0.39, 0.29) is 12.6 Å². The van der Waals surface area contributed by atoms with Gasteiger partial charge in [0.25, 0.3) is 0 Å². The summed E-state index contributed by atoms with van der Waals surface area (Å²) in [5.74, 6) is -0.314. The van der Waals surface area contributed by atoms with Crippen molar-refractivity contribution in [3.8, 4) is 0 Å². The van der Waals surface area contributed by atoms with Crippen LogP contribution in [0.1, 0.15) is 18.1 Å². The van der Waals surface area contributed by atoms with Crippen LogP contribution in [0.15, 0.2) is 29.4 Å². The Kier molecular flexibility index (Phi) is 3.67. The van der Waals surface area contributed by atoms with E-state index in [4.69, 9.17) is 9.94 Å². The summed E-state index contributed by atoms with van der Waals surface area (Å²) in [5.41, 5.74) is 1.62. The number of rotatable bonds is 3. The SMILES string of the molecule is CC(=O)OCc1cccc(C=NO)c1. The Morgan fingerprint density at radius 2 is 2.43 bits per heavy atom. The van der Waals surface area contributed by atoms with Crippen molar-refractivity contribution in [2.75, 3.05) is 0 Å². The summed E-state index contributed by atoms with van der Waals surface area (Å²) in [6, 6.07) is 7.20. The second-order valence-electron chi connectivity index (χ2n) is 2.77. The third-order valence-corrected chi connectivity index (χ3v) is 1.60. The lowest BCUT2D eigenvalue weighted by atomic mass is 10.1. The molecule has 1 N–H and O–H groups in total. The number of ether oxygens (including phenoxy) is 1. The molecule has 4 nitrogen and oxygen atoms in total. The Labute approximate surface area is 81.8 Å². The lowest BCUT2D eigenvalue weighted by Gasteiger charge is -2.02. The fraction of sp³-hybridized carbons (Fsp3) is 0.200. The van der Waals surface area contributed by atoms with Crippen LogP contribution in [0, 0.1) is 0 Å². The molecule has 1 aromatic carbocycles. The summed E-state index contributed by atoms with van der Waals surface area (Å²) in [4.78, 5) is 10.5. The van der Waals surface area contributed by atoms with Gasteiger partial charge in [-0.2, -0.15) is 0 Å². The maximum Gasteiger partial charge on any atom is 0.302 e. The maximum atomic E-state index is 10.5. The Balaban J connectivity index is 2.68. The van der Waals surface area contributed by atoms with E-state index < -0.39 is 0 Å². The minimum absolute atomic E-state index is 0.239. The number of nitrogens with zero attached hydrogens (tertiary/aromatic N) is 1. The van der Waals surface area contributed by atoms with Gasteiger partial charge in [0.1, 0.15) is 6.61 Å². The van der Waals surface area contributed by atoms with Crippen LogP contribution in [0.2, 0.25) is 0 Å². The molecule has 0 fully saturated rings. The van der Waals surface area contributed by atoms with E-state index in [9.17, 15) is 4.79 Å². The highest BCUT2D eigenvalue weighted by atomic mass is 16.5. The molecule has 0 heterocycles. The lowest BCUT2D eigenvalue weighted by molar-refractivity contribution is -0.142. The zero-order chi connectivity index (χ0) is 10.4. The summed E-state index contributed by atoms with van der Waals surface area (Å²) in [6.45, 7) is 1.60. The fourth-order valence-electron chi connectivity index (χ4n) is 1.01. The van der Waals surface area contributed by atoms with Gasteiger partial charge in [-0.25, -0.2) is 0 Å². The molecule has 0 bridgehead atoms. The molecule has 0 atom stereocenters. The van der Waals surface area contributed by atoms with E-state index >= 15 is 0 Å². The van der Waals surface area contributed by atoms with Crippen LogP contribution in [0.3, 0.4) is 0 Å². The van der Waals surface area contributed by atoms with E-state index in [0.29, 0.717) is 0 Å². The van der Waals surface area contributed by atoms with E-state index in [0.717, 1.165) is 11.1 Å². The van der Waals surface area contributed by atoms with Crippen LogP contribution in [-0.4, -0.2) is 17.4 Å². The first-order chi connectivity index (χ1) is 6.72. The highest BCUT2D eigenvalue weighted by Gasteiger charge is 1.96. The molecule has 4 heteroatoms. The van der Waals surface area contributed by atoms with E-state index in [1.807, 2.05) is 6.07 Å². The van der Waals surface area contributed by atoms with Crippen LogP contribution >= 0.6 is 0 Å². The summed E-state index contributed by atoms with van der Waals surface area (Å²) >= 11 is 0. The molecule has 0 aliphatic carbocycles. The van der Waals surface area contributed by atoms with Gasteiger partial charge < -0.3 is 9.94 Å². The van der Waals surface area contributed by atoms with Crippen molar-refractivity contribution in [3.05, 3.63) is 35.4 Å². The van der Waals surface area contributed by atoms with E-state index in [1.54, 1.807) is 18.2 Å². The molecule has 1 aromatic rings. The molecule has 74 valence electrons. The van der Waals surface area contributed by atoms with Crippen molar-refractivity contribution in [1.29, 1.82) is 0 Å². The predicted octanol–water partition coefficient (Wildman–Crippen LogP) is 1.56. The Morgan fingerprint density at radius 3 is 3.07 bits per heavy atom. The lowest BCUT2D eigenvalue weighted by Crippen LogP contribution is -1.99. The number of esters is 1. The van der Waals surface area contributed by atoms with Crippen LogP contribution in [0.4, 0.5) is 0 Å². The molecule has 0 aliphatic heterocycles. The number of hydrogen-bond donors (Lipinski definition) is 1. The number of oxime groups is 1. The zero-order valence-electron chi connectivity index (χ0n) is 7.80. The van der Waals surface area contributed by atoms with Crippen LogP contribution in [0.5, 0.6) is 0 Å². The summed E-state index contributed by atoms with van der Waals surface area (Å²) in [7, 11) is 0. The number of carbonyl (C=O) groups is 1. The topological polar surface area (TPSA) is 58.9 Å². The fourth-order valence-corrected chi connectivity index (χ4v) is 1.01. The van der Waals surface area contributed by atoms with E-state index in [2.05, 4.69) is 5.16 Å². The van der Waals surface area contributed by atoms with Gasteiger partial charge in [0.05, 0.1) is 6.21 Å². The molecule has 1 rings (SSSR count). The van der Waals surface area contributed by atoms with Gasteiger partial charge >= 0.3 is 5.97 Å². The summed E-state index contributed by atoms with van der Waals surface area (Å²) in [6.07, 6.45) is 1.32. The molecule has 0 unspecified atom stereocenters. The standard InChI is InChI=1S/C10H11NO3/c1-8(12)14-7-10-4-2-3-9(5-10)6-11-13/h2-6,13H,7H2,1H3. The average Bonchev–Trinajstić information content (AvgIpc) is 2.16. The zero-order valence-corrected chi connectivity index (χ0v) is 7.80. The highest BCUT2D eigenvalue weighted by molar-refractivity contribution is 5.79.